The molecular formula is C13H18N2O2. The number of carbonyl (C=O) groups is 1. The van der Waals surface area contributed by atoms with Crippen LogP contribution in [0, 0.1) is 0 Å². The average Bonchev–Trinajstić information content (AvgIpc) is 2.58. The van der Waals surface area contributed by atoms with Crippen molar-refractivity contribution in [3.63, 3.8) is 0 Å². The molecule has 1 aromatic rings. The van der Waals surface area contributed by atoms with Gasteiger partial charge in [0.2, 0.25) is 0 Å². The maximum atomic E-state index is 11.1. The fourth-order valence-corrected chi connectivity index (χ4v) is 2.29. The van der Waals surface area contributed by atoms with E-state index in [2.05, 4.69) is 9.88 Å². The molecule has 1 N–H and O–H groups in total. The fourth-order valence-electron chi connectivity index (χ4n) is 2.29. The number of likely N-dealkylation sites (tertiary alicyclic amines) is 1. The topological polar surface area (TPSA) is 53.4 Å². The van der Waals surface area contributed by atoms with Crippen molar-refractivity contribution in [3.8, 4) is 0 Å². The highest BCUT2D eigenvalue weighted by atomic mass is 16.4. The van der Waals surface area contributed by atoms with Gasteiger partial charge in [0.15, 0.2) is 0 Å². The predicted octanol–water partition coefficient (Wildman–Crippen LogP) is 2.16. The van der Waals surface area contributed by atoms with Crippen molar-refractivity contribution in [3.05, 3.63) is 29.6 Å². The highest BCUT2D eigenvalue weighted by Gasteiger charge is 2.14. The molecule has 4 heteroatoms. The molecule has 2 heterocycles. The van der Waals surface area contributed by atoms with E-state index in [1.165, 1.54) is 31.9 Å². The second-order valence-electron chi connectivity index (χ2n) is 4.53. The maximum absolute atomic E-state index is 11.1. The van der Waals surface area contributed by atoms with E-state index < -0.39 is 5.97 Å². The molecule has 1 saturated heterocycles. The van der Waals surface area contributed by atoms with Crippen molar-refractivity contribution in [1.82, 2.24) is 9.88 Å². The van der Waals surface area contributed by atoms with Gasteiger partial charge in [-0.15, -0.1) is 0 Å². The highest BCUT2D eigenvalue weighted by molar-refractivity contribution is 5.88. The summed E-state index contributed by atoms with van der Waals surface area (Å²) < 4.78 is 0. The molecule has 0 amide bonds. The summed E-state index contributed by atoms with van der Waals surface area (Å²) in [4.78, 5) is 17.3. The van der Waals surface area contributed by atoms with Gasteiger partial charge in [0.25, 0.3) is 0 Å². The number of carboxylic acids is 1. The van der Waals surface area contributed by atoms with Gasteiger partial charge in [-0.1, -0.05) is 12.8 Å². The summed E-state index contributed by atoms with van der Waals surface area (Å²) in [5.74, 6) is -0.886. The quantitative estimate of drug-likeness (QED) is 0.870. The Morgan fingerprint density at radius 2 is 2.00 bits per heavy atom. The predicted molar refractivity (Wildman–Crippen MR) is 64.9 cm³/mol. The zero-order valence-corrected chi connectivity index (χ0v) is 9.93. The van der Waals surface area contributed by atoms with Crippen LogP contribution in [0.2, 0.25) is 0 Å². The molecule has 0 atom stereocenters. The van der Waals surface area contributed by atoms with Gasteiger partial charge < -0.3 is 5.11 Å². The molecule has 0 saturated carbocycles. The minimum atomic E-state index is -0.886. The molecule has 0 aromatic carbocycles. The van der Waals surface area contributed by atoms with Crippen LogP contribution in [-0.2, 0) is 6.54 Å². The molecule has 1 fully saturated rings. The largest absolute Gasteiger partial charge is 0.478 e. The second kappa shape index (κ2) is 5.77. The van der Waals surface area contributed by atoms with Crippen LogP contribution in [0.25, 0.3) is 0 Å². The monoisotopic (exact) mass is 234 g/mol. The van der Waals surface area contributed by atoms with Crippen molar-refractivity contribution in [2.45, 2.75) is 32.2 Å². The Labute approximate surface area is 101 Å². The van der Waals surface area contributed by atoms with Crippen LogP contribution >= 0.6 is 0 Å². The SMILES string of the molecule is O=C(O)c1cnccc1CN1CCCCCC1. The summed E-state index contributed by atoms with van der Waals surface area (Å²) in [5.41, 5.74) is 1.20. The molecule has 92 valence electrons. The van der Waals surface area contributed by atoms with Gasteiger partial charge in [0.1, 0.15) is 0 Å². The van der Waals surface area contributed by atoms with E-state index in [9.17, 15) is 4.79 Å². The van der Waals surface area contributed by atoms with Gasteiger partial charge in [-0.05, 0) is 37.6 Å². The highest BCUT2D eigenvalue weighted by Crippen LogP contribution is 2.15. The van der Waals surface area contributed by atoms with Gasteiger partial charge in [0.05, 0.1) is 5.56 Å². The molecule has 1 aliphatic rings. The van der Waals surface area contributed by atoms with Crippen LogP contribution in [0.15, 0.2) is 18.5 Å². The summed E-state index contributed by atoms with van der Waals surface area (Å²) in [6, 6.07) is 1.81. The van der Waals surface area contributed by atoms with Crippen molar-refractivity contribution in [2.75, 3.05) is 13.1 Å². The van der Waals surface area contributed by atoms with Crippen LogP contribution < -0.4 is 0 Å². The number of hydrogen-bond donors (Lipinski definition) is 1. The zero-order valence-electron chi connectivity index (χ0n) is 9.93. The molecule has 4 nitrogen and oxygen atoms in total. The zero-order chi connectivity index (χ0) is 12.1. The van der Waals surface area contributed by atoms with Crippen LogP contribution in [-0.4, -0.2) is 34.0 Å². The summed E-state index contributed by atoms with van der Waals surface area (Å²) in [5, 5.41) is 9.09. The molecular weight excluding hydrogens is 216 g/mol. The van der Waals surface area contributed by atoms with Crippen LogP contribution in [0.1, 0.15) is 41.6 Å². The maximum Gasteiger partial charge on any atom is 0.337 e. The Hall–Kier alpha value is -1.42. The number of rotatable bonds is 3. The lowest BCUT2D eigenvalue weighted by molar-refractivity contribution is 0.0694. The van der Waals surface area contributed by atoms with E-state index in [-0.39, 0.29) is 0 Å². The molecule has 2 rings (SSSR count). The lowest BCUT2D eigenvalue weighted by Crippen LogP contribution is -2.25. The van der Waals surface area contributed by atoms with E-state index in [1.54, 1.807) is 6.20 Å². The Morgan fingerprint density at radius 3 is 2.65 bits per heavy atom. The summed E-state index contributed by atoms with van der Waals surface area (Å²) >= 11 is 0. The lowest BCUT2D eigenvalue weighted by Gasteiger charge is -2.20. The first-order chi connectivity index (χ1) is 8.27. The first-order valence-electron chi connectivity index (χ1n) is 6.16. The van der Waals surface area contributed by atoms with Gasteiger partial charge in [-0.3, -0.25) is 9.88 Å². The number of aromatic nitrogens is 1. The number of nitrogens with zero attached hydrogens (tertiary/aromatic N) is 2. The first kappa shape index (κ1) is 12.0. The summed E-state index contributed by atoms with van der Waals surface area (Å²) in [6.07, 6.45) is 8.12. The fraction of sp³-hybridized carbons (Fsp3) is 0.538. The summed E-state index contributed by atoms with van der Waals surface area (Å²) in [6.45, 7) is 2.87. The van der Waals surface area contributed by atoms with E-state index in [4.69, 9.17) is 5.11 Å². The molecule has 17 heavy (non-hydrogen) atoms. The Bertz CT molecular complexity index is 385. The van der Waals surface area contributed by atoms with E-state index >= 15 is 0 Å². The van der Waals surface area contributed by atoms with Gasteiger partial charge in [-0.2, -0.15) is 0 Å². The van der Waals surface area contributed by atoms with Crippen LogP contribution in [0.5, 0.6) is 0 Å². The Kier molecular flexibility index (Phi) is 4.09. The molecule has 0 bridgehead atoms. The molecule has 1 aliphatic heterocycles. The Balaban J connectivity index is 2.09. The molecule has 1 aromatic heterocycles. The van der Waals surface area contributed by atoms with Crippen molar-refractivity contribution in [1.29, 1.82) is 0 Å². The summed E-state index contributed by atoms with van der Waals surface area (Å²) in [7, 11) is 0. The third-order valence-electron chi connectivity index (χ3n) is 3.23. The van der Waals surface area contributed by atoms with E-state index in [1.807, 2.05) is 6.07 Å². The van der Waals surface area contributed by atoms with Gasteiger partial charge in [0, 0.05) is 18.9 Å². The minimum Gasteiger partial charge on any atom is -0.478 e. The second-order valence-corrected chi connectivity index (χ2v) is 4.53. The van der Waals surface area contributed by atoms with E-state index in [0.29, 0.717) is 5.56 Å². The van der Waals surface area contributed by atoms with Crippen LogP contribution in [0.4, 0.5) is 0 Å². The number of carboxylic acid groups (broad SMARTS) is 1. The van der Waals surface area contributed by atoms with E-state index in [0.717, 1.165) is 25.2 Å². The van der Waals surface area contributed by atoms with Crippen molar-refractivity contribution < 1.29 is 9.90 Å². The van der Waals surface area contributed by atoms with Crippen molar-refractivity contribution >= 4 is 5.97 Å². The van der Waals surface area contributed by atoms with Gasteiger partial charge >= 0.3 is 5.97 Å². The van der Waals surface area contributed by atoms with Crippen molar-refractivity contribution in [2.24, 2.45) is 0 Å². The first-order valence-corrected chi connectivity index (χ1v) is 6.16. The number of aromatic carboxylic acids is 1. The van der Waals surface area contributed by atoms with Gasteiger partial charge in [-0.25, -0.2) is 4.79 Å². The average molecular weight is 234 g/mol. The lowest BCUT2D eigenvalue weighted by atomic mass is 10.1. The number of pyridine rings is 1. The molecule has 0 spiro atoms. The molecule has 0 radical (unpaired) electrons. The minimum absolute atomic E-state index is 0.330. The third kappa shape index (κ3) is 3.27. The molecule has 0 aliphatic carbocycles. The molecule has 0 unspecified atom stereocenters. The normalized spacial score (nSPS) is 17.6. The Morgan fingerprint density at radius 1 is 1.29 bits per heavy atom. The van der Waals surface area contributed by atoms with Crippen LogP contribution in [0.3, 0.4) is 0 Å². The smallest absolute Gasteiger partial charge is 0.337 e. The number of hydrogen-bond acceptors (Lipinski definition) is 3. The third-order valence-corrected chi connectivity index (χ3v) is 3.23. The standard InChI is InChI=1S/C13H18N2O2/c16-13(17)12-9-14-6-5-11(12)10-15-7-3-1-2-4-8-15/h5-6,9H,1-4,7-8,10H2,(H,16,17).